The Morgan fingerprint density at radius 2 is 1.81 bits per heavy atom. The molecule has 0 aliphatic heterocycles. The number of hydrogen-bond donors (Lipinski definition) is 2. The molecule has 0 bridgehead atoms. The van der Waals surface area contributed by atoms with Crippen LogP contribution in [-0.2, 0) is 15.9 Å². The van der Waals surface area contributed by atoms with Crippen LogP contribution in [0.2, 0.25) is 0 Å². The monoisotopic (exact) mass is 531 g/mol. The van der Waals surface area contributed by atoms with Crippen LogP contribution >= 0.6 is 7.37 Å². The minimum atomic E-state index is -3.38. The minimum absolute atomic E-state index is 0.210. The Kier molecular flexibility index (Phi) is 9.13. The Bertz CT molecular complexity index is 1270. The van der Waals surface area contributed by atoms with Crippen LogP contribution in [-0.4, -0.2) is 42.0 Å². The summed E-state index contributed by atoms with van der Waals surface area (Å²) in [5.41, 5.74) is 2.88. The van der Waals surface area contributed by atoms with Gasteiger partial charge in [-0.2, -0.15) is 0 Å². The zero-order valence-electron chi connectivity index (χ0n) is 22.1. The highest BCUT2D eigenvalue weighted by Crippen LogP contribution is 2.42. The summed E-state index contributed by atoms with van der Waals surface area (Å²) in [5.74, 6) is 0.349. The van der Waals surface area contributed by atoms with Crippen LogP contribution < -0.4 is 9.47 Å². The van der Waals surface area contributed by atoms with Gasteiger partial charge < -0.3 is 24.2 Å². The van der Waals surface area contributed by atoms with Crippen molar-refractivity contribution in [3.63, 3.8) is 0 Å². The number of rotatable bonds is 10. The number of aromatic nitrogens is 1. The minimum Gasteiger partial charge on any atom is -0.489 e. The van der Waals surface area contributed by atoms with E-state index in [9.17, 15) is 19.0 Å². The van der Waals surface area contributed by atoms with Gasteiger partial charge in [-0.3, -0.25) is 4.57 Å². The van der Waals surface area contributed by atoms with Gasteiger partial charge in [0.15, 0.2) is 0 Å². The molecule has 0 fully saturated rings. The van der Waals surface area contributed by atoms with Crippen LogP contribution in [0.25, 0.3) is 11.1 Å². The maximum atomic E-state index is 14.9. The molecule has 0 aliphatic carbocycles. The van der Waals surface area contributed by atoms with Gasteiger partial charge in [-0.25, -0.2) is 9.37 Å². The maximum Gasteiger partial charge on any atom is 0.213 e. The number of aliphatic hydroxyl groups is 1. The van der Waals surface area contributed by atoms with Gasteiger partial charge in [-0.15, -0.1) is 0 Å². The van der Waals surface area contributed by atoms with Gasteiger partial charge in [0.05, 0.1) is 31.7 Å². The number of pyridine rings is 1. The normalized spacial score (nSPS) is 15.1. The van der Waals surface area contributed by atoms with E-state index in [4.69, 9.17) is 14.2 Å². The standard InChI is InChI=1S/C28H35FNO6P/c1-28(2,3)27(35-5)23-12-18(10-11-21(23)22-14-26(34-4)30-15-24(22)29)16-36-20-9-7-8-19(13-20)25(31)17-37(6,32)33/h7-15,25,27,31H,16-17H2,1-6H3,(H,32,33)/t25-,27?/m1/s1. The third-order valence-electron chi connectivity index (χ3n) is 5.91. The molecular formula is C28H35FNO6P. The van der Waals surface area contributed by atoms with E-state index in [0.717, 1.165) is 17.3 Å². The van der Waals surface area contributed by atoms with Crippen LogP contribution in [0.15, 0.2) is 54.7 Å². The van der Waals surface area contributed by atoms with Crippen LogP contribution in [0, 0.1) is 11.2 Å². The van der Waals surface area contributed by atoms with Crippen molar-refractivity contribution in [1.29, 1.82) is 0 Å². The number of ether oxygens (including phenoxy) is 3. The first-order valence-electron chi connectivity index (χ1n) is 11.9. The molecule has 0 saturated carbocycles. The summed E-state index contributed by atoms with van der Waals surface area (Å²) in [5, 5.41) is 10.3. The first-order valence-corrected chi connectivity index (χ1v) is 14.2. The number of methoxy groups -OCH3 is 2. The van der Waals surface area contributed by atoms with Crippen molar-refractivity contribution in [1.82, 2.24) is 4.98 Å². The molecule has 2 aromatic carbocycles. The number of hydrogen-bond acceptors (Lipinski definition) is 6. The molecule has 3 aromatic rings. The summed E-state index contributed by atoms with van der Waals surface area (Å²) in [6.07, 6.45) is -0.508. The van der Waals surface area contributed by atoms with Crippen LogP contribution in [0.1, 0.15) is 49.7 Å². The van der Waals surface area contributed by atoms with Gasteiger partial charge >= 0.3 is 0 Å². The molecular weight excluding hydrogens is 496 g/mol. The van der Waals surface area contributed by atoms with E-state index < -0.39 is 19.3 Å². The van der Waals surface area contributed by atoms with Crippen LogP contribution in [0.5, 0.6) is 11.6 Å². The van der Waals surface area contributed by atoms with Crippen molar-refractivity contribution in [2.75, 3.05) is 27.0 Å². The fourth-order valence-electron chi connectivity index (χ4n) is 4.25. The van der Waals surface area contributed by atoms with Crippen LogP contribution in [0.3, 0.4) is 0 Å². The second-order valence-corrected chi connectivity index (χ2v) is 12.7. The van der Waals surface area contributed by atoms with Gasteiger partial charge in [-0.05, 0) is 45.9 Å². The number of aliphatic hydroxyl groups excluding tert-OH is 1. The molecule has 1 aromatic heterocycles. The Morgan fingerprint density at radius 3 is 2.43 bits per heavy atom. The molecule has 0 saturated heterocycles. The fraction of sp³-hybridized carbons (Fsp3) is 0.393. The topological polar surface area (TPSA) is 98.1 Å². The van der Waals surface area contributed by atoms with Crippen molar-refractivity contribution < 1.29 is 33.2 Å². The lowest BCUT2D eigenvalue weighted by Gasteiger charge is -2.32. The van der Waals surface area contributed by atoms with E-state index in [-0.39, 0.29) is 24.3 Å². The lowest BCUT2D eigenvalue weighted by Crippen LogP contribution is -2.21. The van der Waals surface area contributed by atoms with E-state index >= 15 is 0 Å². The average Bonchev–Trinajstić information content (AvgIpc) is 2.82. The summed E-state index contributed by atoms with van der Waals surface area (Å²) in [7, 11) is -0.265. The molecule has 7 nitrogen and oxygen atoms in total. The molecule has 3 rings (SSSR count). The summed E-state index contributed by atoms with van der Waals surface area (Å²) >= 11 is 0. The summed E-state index contributed by atoms with van der Waals surface area (Å²) in [6.45, 7) is 7.58. The molecule has 2 unspecified atom stereocenters. The van der Waals surface area contributed by atoms with Gasteiger partial charge in [0, 0.05) is 25.4 Å². The van der Waals surface area contributed by atoms with Crippen LogP contribution in [0.4, 0.5) is 4.39 Å². The molecule has 2 N–H and O–H groups in total. The van der Waals surface area contributed by atoms with Crippen molar-refractivity contribution in [2.45, 2.75) is 39.6 Å². The Hall–Kier alpha value is -2.77. The second-order valence-electron chi connectivity index (χ2n) is 10.2. The first-order chi connectivity index (χ1) is 17.3. The second kappa shape index (κ2) is 11.7. The molecule has 0 radical (unpaired) electrons. The summed E-state index contributed by atoms with van der Waals surface area (Å²) < 4.78 is 43.6. The lowest BCUT2D eigenvalue weighted by atomic mass is 9.81. The molecule has 37 heavy (non-hydrogen) atoms. The van der Waals surface area contributed by atoms with Gasteiger partial charge in [-0.1, -0.05) is 45.0 Å². The zero-order chi connectivity index (χ0) is 27.4. The predicted molar refractivity (Wildman–Crippen MR) is 142 cm³/mol. The SMILES string of the molecule is COc1cc(-c2ccc(COc3cccc([C@H](O)CP(C)(=O)O)c3)cc2C(OC)C(C)(C)C)c(F)cn1. The molecule has 0 aliphatic rings. The van der Waals surface area contributed by atoms with E-state index in [1.807, 2.05) is 18.2 Å². The summed E-state index contributed by atoms with van der Waals surface area (Å²) in [4.78, 5) is 13.5. The predicted octanol–water partition coefficient (Wildman–Crippen LogP) is 6.14. The quantitative estimate of drug-likeness (QED) is 0.303. The first kappa shape index (κ1) is 28.8. The van der Waals surface area contributed by atoms with E-state index in [1.54, 1.807) is 37.4 Å². The highest BCUT2D eigenvalue weighted by atomic mass is 31.2. The molecule has 9 heteroatoms. The Balaban J connectivity index is 1.94. The van der Waals surface area contributed by atoms with Gasteiger partial charge in [0.1, 0.15) is 18.2 Å². The third kappa shape index (κ3) is 7.62. The highest BCUT2D eigenvalue weighted by molar-refractivity contribution is 7.57. The molecule has 3 atom stereocenters. The highest BCUT2D eigenvalue weighted by Gasteiger charge is 2.29. The van der Waals surface area contributed by atoms with Gasteiger partial charge in [0.25, 0.3) is 0 Å². The molecule has 0 amide bonds. The summed E-state index contributed by atoms with van der Waals surface area (Å²) in [6, 6.07) is 14.0. The Labute approximate surface area is 217 Å². The lowest BCUT2D eigenvalue weighted by molar-refractivity contribution is 0.0155. The van der Waals surface area contributed by atoms with Crippen molar-refractivity contribution >= 4 is 7.37 Å². The van der Waals surface area contributed by atoms with E-state index in [2.05, 4.69) is 25.8 Å². The number of nitrogens with zero attached hydrogens (tertiary/aromatic N) is 1. The maximum absolute atomic E-state index is 14.9. The average molecular weight is 532 g/mol. The molecule has 0 spiro atoms. The zero-order valence-corrected chi connectivity index (χ0v) is 23.0. The number of benzene rings is 2. The third-order valence-corrected chi connectivity index (χ3v) is 6.93. The smallest absolute Gasteiger partial charge is 0.213 e. The number of halogens is 1. The van der Waals surface area contributed by atoms with Gasteiger partial charge in [0.2, 0.25) is 13.2 Å². The van der Waals surface area contributed by atoms with Crippen molar-refractivity contribution in [3.05, 3.63) is 77.2 Å². The van der Waals surface area contributed by atoms with Crippen molar-refractivity contribution in [3.8, 4) is 22.8 Å². The van der Waals surface area contributed by atoms with E-state index in [0.29, 0.717) is 28.3 Å². The van der Waals surface area contributed by atoms with E-state index in [1.165, 1.54) is 13.8 Å². The molecule has 200 valence electrons. The Morgan fingerprint density at radius 1 is 1.08 bits per heavy atom. The van der Waals surface area contributed by atoms with Crippen molar-refractivity contribution in [2.24, 2.45) is 5.41 Å². The molecule has 1 heterocycles. The fourth-order valence-corrected chi connectivity index (χ4v) is 5.11. The largest absolute Gasteiger partial charge is 0.489 e.